The van der Waals surface area contributed by atoms with E-state index in [1.54, 1.807) is 12.1 Å². The molecule has 1 aliphatic rings. The number of rotatable bonds is 6. The zero-order valence-corrected chi connectivity index (χ0v) is 14.9. The second-order valence-electron chi connectivity index (χ2n) is 6.49. The van der Waals surface area contributed by atoms with Gasteiger partial charge >= 0.3 is 0 Å². The third-order valence-electron chi connectivity index (χ3n) is 4.44. The van der Waals surface area contributed by atoms with Crippen molar-refractivity contribution in [3.63, 3.8) is 0 Å². The summed E-state index contributed by atoms with van der Waals surface area (Å²) in [5.74, 6) is -0.517. The molecule has 1 heterocycles. The minimum atomic E-state index is -0.278. The molecule has 0 radical (unpaired) electrons. The first-order valence-corrected chi connectivity index (χ1v) is 8.52. The van der Waals surface area contributed by atoms with Crippen LogP contribution >= 0.6 is 0 Å². The van der Waals surface area contributed by atoms with E-state index in [0.29, 0.717) is 18.7 Å². The van der Waals surface area contributed by atoms with Crippen LogP contribution in [-0.2, 0) is 9.63 Å². The molecule has 0 aromatic heterocycles. The highest BCUT2D eigenvalue weighted by Crippen LogP contribution is 2.27. The van der Waals surface area contributed by atoms with Crippen molar-refractivity contribution >= 4 is 11.6 Å². The summed E-state index contributed by atoms with van der Waals surface area (Å²) in [4.78, 5) is 19.8. The fraction of sp³-hybridized carbons (Fsp3) is 0.300. The molecule has 3 rings (SSSR count). The van der Waals surface area contributed by atoms with Crippen molar-refractivity contribution in [2.75, 3.05) is 20.6 Å². The quantitative estimate of drug-likeness (QED) is 0.866. The number of oxime groups is 1. The minimum Gasteiger partial charge on any atom is -0.387 e. The molecule has 1 aliphatic heterocycles. The zero-order chi connectivity index (χ0) is 18.5. The molecule has 2 unspecified atom stereocenters. The normalized spacial score (nSPS) is 17.5. The molecule has 1 N–H and O–H groups in total. The lowest BCUT2D eigenvalue weighted by atomic mass is 10.0. The van der Waals surface area contributed by atoms with E-state index in [9.17, 15) is 9.18 Å². The SMILES string of the molecule is CN(C)C(CNC(=O)C1=NOC(c2ccccc2)C1)c1ccc(F)cc1. The Balaban J connectivity index is 1.58. The number of halogens is 1. The van der Waals surface area contributed by atoms with Gasteiger partial charge in [-0.15, -0.1) is 0 Å². The van der Waals surface area contributed by atoms with E-state index in [0.717, 1.165) is 11.1 Å². The monoisotopic (exact) mass is 355 g/mol. The van der Waals surface area contributed by atoms with Gasteiger partial charge in [-0.05, 0) is 37.4 Å². The van der Waals surface area contributed by atoms with Crippen LogP contribution in [0.1, 0.15) is 29.7 Å². The van der Waals surface area contributed by atoms with Gasteiger partial charge in [0.25, 0.3) is 5.91 Å². The van der Waals surface area contributed by atoms with Crippen molar-refractivity contribution in [3.05, 3.63) is 71.5 Å². The van der Waals surface area contributed by atoms with Gasteiger partial charge in [-0.25, -0.2) is 4.39 Å². The van der Waals surface area contributed by atoms with Crippen LogP contribution in [0.5, 0.6) is 0 Å². The third-order valence-corrected chi connectivity index (χ3v) is 4.44. The molecule has 0 bridgehead atoms. The van der Waals surface area contributed by atoms with Crippen molar-refractivity contribution in [3.8, 4) is 0 Å². The summed E-state index contributed by atoms with van der Waals surface area (Å²) in [6.07, 6.45) is 0.220. The summed E-state index contributed by atoms with van der Waals surface area (Å²) >= 11 is 0. The van der Waals surface area contributed by atoms with Crippen LogP contribution in [0, 0.1) is 5.82 Å². The molecule has 0 saturated heterocycles. The number of hydrogen-bond donors (Lipinski definition) is 1. The predicted octanol–water partition coefficient (Wildman–Crippen LogP) is 3.06. The van der Waals surface area contributed by atoms with Gasteiger partial charge in [0.15, 0.2) is 6.10 Å². The van der Waals surface area contributed by atoms with Gasteiger partial charge in [-0.1, -0.05) is 47.6 Å². The number of nitrogens with one attached hydrogen (secondary N) is 1. The minimum absolute atomic E-state index is 0.0626. The fourth-order valence-corrected chi connectivity index (χ4v) is 2.93. The zero-order valence-electron chi connectivity index (χ0n) is 14.9. The van der Waals surface area contributed by atoms with E-state index in [1.807, 2.05) is 49.3 Å². The van der Waals surface area contributed by atoms with Crippen molar-refractivity contribution in [2.24, 2.45) is 5.16 Å². The molecule has 0 spiro atoms. The van der Waals surface area contributed by atoms with E-state index in [4.69, 9.17) is 4.84 Å². The van der Waals surface area contributed by atoms with E-state index in [-0.39, 0.29) is 23.9 Å². The Hall–Kier alpha value is -2.73. The van der Waals surface area contributed by atoms with Gasteiger partial charge in [0.05, 0.1) is 6.04 Å². The van der Waals surface area contributed by atoms with Crippen LogP contribution in [0.4, 0.5) is 4.39 Å². The largest absolute Gasteiger partial charge is 0.387 e. The molecular weight excluding hydrogens is 333 g/mol. The number of likely N-dealkylation sites (N-methyl/N-ethyl adjacent to an activating group) is 1. The Labute approximate surface area is 152 Å². The second kappa shape index (κ2) is 8.10. The average molecular weight is 355 g/mol. The maximum atomic E-state index is 13.1. The molecule has 0 saturated carbocycles. The Morgan fingerprint density at radius 2 is 1.92 bits per heavy atom. The average Bonchev–Trinajstić information content (AvgIpc) is 3.14. The third kappa shape index (κ3) is 4.26. The molecule has 0 aliphatic carbocycles. The molecule has 2 atom stereocenters. The number of amides is 1. The molecular formula is C20H22FN3O2. The van der Waals surface area contributed by atoms with Gasteiger partial charge < -0.3 is 15.1 Å². The van der Waals surface area contributed by atoms with Crippen molar-refractivity contribution in [1.29, 1.82) is 0 Å². The Morgan fingerprint density at radius 3 is 2.58 bits per heavy atom. The summed E-state index contributed by atoms with van der Waals surface area (Å²) < 4.78 is 13.1. The van der Waals surface area contributed by atoms with E-state index in [2.05, 4.69) is 10.5 Å². The van der Waals surface area contributed by atoms with Gasteiger partial charge in [0, 0.05) is 13.0 Å². The smallest absolute Gasteiger partial charge is 0.269 e. The second-order valence-corrected chi connectivity index (χ2v) is 6.49. The molecule has 5 nitrogen and oxygen atoms in total. The van der Waals surface area contributed by atoms with Crippen LogP contribution in [0.15, 0.2) is 59.8 Å². The highest BCUT2D eigenvalue weighted by Gasteiger charge is 2.27. The van der Waals surface area contributed by atoms with Crippen molar-refractivity contribution < 1.29 is 14.0 Å². The Kier molecular flexibility index (Phi) is 5.63. The molecule has 136 valence electrons. The fourth-order valence-electron chi connectivity index (χ4n) is 2.93. The number of carbonyl (C=O) groups excluding carboxylic acids is 1. The molecule has 1 amide bonds. The van der Waals surface area contributed by atoms with Crippen LogP contribution in [0.3, 0.4) is 0 Å². The van der Waals surface area contributed by atoms with Crippen LogP contribution in [-0.4, -0.2) is 37.2 Å². The van der Waals surface area contributed by atoms with E-state index in [1.165, 1.54) is 12.1 Å². The Bertz CT molecular complexity index is 775. The van der Waals surface area contributed by atoms with Gasteiger partial charge in [-0.2, -0.15) is 0 Å². The number of benzene rings is 2. The molecule has 0 fully saturated rings. The van der Waals surface area contributed by atoms with E-state index < -0.39 is 0 Å². The van der Waals surface area contributed by atoms with Crippen LogP contribution in [0.25, 0.3) is 0 Å². The maximum absolute atomic E-state index is 13.1. The van der Waals surface area contributed by atoms with E-state index >= 15 is 0 Å². The lowest BCUT2D eigenvalue weighted by Crippen LogP contribution is -2.37. The maximum Gasteiger partial charge on any atom is 0.269 e. The van der Waals surface area contributed by atoms with Crippen molar-refractivity contribution in [1.82, 2.24) is 10.2 Å². The number of carbonyl (C=O) groups is 1. The first-order chi connectivity index (χ1) is 12.5. The first kappa shape index (κ1) is 18.1. The topological polar surface area (TPSA) is 53.9 Å². The summed E-state index contributed by atoms with van der Waals surface area (Å²) in [5.41, 5.74) is 2.32. The summed E-state index contributed by atoms with van der Waals surface area (Å²) in [6, 6.07) is 16.0. The standard InChI is InChI=1S/C20H22FN3O2/c1-24(2)18(14-8-10-16(21)11-9-14)13-22-20(25)17-12-19(26-23-17)15-6-4-3-5-7-15/h3-11,18-19H,12-13H2,1-2H3,(H,22,25). The summed E-state index contributed by atoms with van der Waals surface area (Å²) in [7, 11) is 3.84. The van der Waals surface area contributed by atoms with Crippen molar-refractivity contribution in [2.45, 2.75) is 18.6 Å². The lowest BCUT2D eigenvalue weighted by Gasteiger charge is -2.25. The van der Waals surface area contributed by atoms with Crippen LogP contribution < -0.4 is 5.32 Å². The highest BCUT2D eigenvalue weighted by molar-refractivity contribution is 6.39. The molecule has 26 heavy (non-hydrogen) atoms. The Morgan fingerprint density at radius 1 is 1.23 bits per heavy atom. The summed E-state index contributed by atoms with van der Waals surface area (Å²) in [5, 5.41) is 6.85. The first-order valence-electron chi connectivity index (χ1n) is 8.52. The van der Waals surface area contributed by atoms with Gasteiger partial charge in [0.1, 0.15) is 11.5 Å². The predicted molar refractivity (Wildman–Crippen MR) is 98.2 cm³/mol. The van der Waals surface area contributed by atoms with Crippen LogP contribution in [0.2, 0.25) is 0 Å². The lowest BCUT2D eigenvalue weighted by molar-refractivity contribution is -0.115. The molecule has 6 heteroatoms. The number of hydrogen-bond acceptors (Lipinski definition) is 4. The molecule has 2 aromatic rings. The summed E-state index contributed by atoms with van der Waals surface area (Å²) in [6.45, 7) is 0.395. The van der Waals surface area contributed by atoms with Gasteiger partial charge in [-0.3, -0.25) is 4.79 Å². The highest BCUT2D eigenvalue weighted by atomic mass is 19.1. The number of nitrogens with zero attached hydrogens (tertiary/aromatic N) is 2. The molecule has 2 aromatic carbocycles. The van der Waals surface area contributed by atoms with Gasteiger partial charge in [0.2, 0.25) is 0 Å².